The van der Waals surface area contributed by atoms with E-state index in [4.69, 9.17) is 23.2 Å². The molecule has 0 atom stereocenters. The van der Waals surface area contributed by atoms with Crippen molar-refractivity contribution >= 4 is 45.1 Å². The maximum atomic E-state index is 13.5. The number of carbonyl (C=O) groups is 1. The molecule has 0 aliphatic heterocycles. The lowest BCUT2D eigenvalue weighted by atomic mass is 9.86. The van der Waals surface area contributed by atoms with Gasteiger partial charge in [-0.3, -0.25) is 0 Å². The van der Waals surface area contributed by atoms with Crippen molar-refractivity contribution in [2.45, 2.75) is 5.60 Å². The zero-order valence-electron chi connectivity index (χ0n) is 11.6. The molecular weight excluding hydrogens is 417 g/mol. The first-order chi connectivity index (χ1) is 10.8. The highest BCUT2D eigenvalue weighted by Crippen LogP contribution is 2.32. The van der Waals surface area contributed by atoms with E-state index in [2.05, 4.69) is 15.9 Å². The topological polar surface area (TPSA) is 60.4 Å². The summed E-state index contributed by atoms with van der Waals surface area (Å²) >= 11 is 13.9. The summed E-state index contributed by atoms with van der Waals surface area (Å²) in [7, 11) is 0. The number of carboxylic acids is 1. The molecule has 0 fully saturated rings. The summed E-state index contributed by atoms with van der Waals surface area (Å²) in [4.78, 5) is 11.3. The van der Waals surface area contributed by atoms with Crippen molar-refractivity contribution in [2.75, 3.05) is 5.83 Å². The molecule has 0 radical (unpaired) electrons. The van der Waals surface area contributed by atoms with Crippen LogP contribution in [-0.2, 0) is 10.4 Å². The molecule has 0 heterocycles. The summed E-state index contributed by atoms with van der Waals surface area (Å²) in [6, 6.07) is 5.84. The Morgan fingerprint density at radius 1 is 1.04 bits per heavy atom. The van der Waals surface area contributed by atoms with Gasteiger partial charge in [-0.05, 0) is 41.2 Å². The van der Waals surface area contributed by atoms with E-state index >= 15 is 0 Å². The Labute approximate surface area is 149 Å². The number of alkyl halides is 1. The van der Waals surface area contributed by atoms with Crippen molar-refractivity contribution in [2.24, 2.45) is 0 Å². The minimum Gasteiger partial charge on any atom is -0.546 e. The number of benzene rings is 2. The third-order valence-electron chi connectivity index (χ3n) is 2.97. The molecule has 8 heteroatoms. The van der Waals surface area contributed by atoms with Crippen LogP contribution in [0.5, 0.6) is 0 Å². The standard InChI is InChI=1S/C14H8Cl2F2O3.CH3Br/c15-9-3-1-7(5-11(9)17)14(21,13(19)20)8-2-4-10(16)12(18)6-8;1-2/h1-6,21H,(H,19,20);1H3/p-1. The zero-order chi connectivity index (χ0) is 17.8. The first kappa shape index (κ1) is 19.8. The lowest BCUT2D eigenvalue weighted by Crippen LogP contribution is -2.46. The van der Waals surface area contributed by atoms with Crippen molar-refractivity contribution in [3.63, 3.8) is 0 Å². The highest BCUT2D eigenvalue weighted by molar-refractivity contribution is 9.08. The Balaban J connectivity index is 0.00000127. The number of hydrogen-bond donors (Lipinski definition) is 1. The van der Waals surface area contributed by atoms with Gasteiger partial charge in [-0.25, -0.2) is 8.78 Å². The van der Waals surface area contributed by atoms with Crippen LogP contribution in [-0.4, -0.2) is 16.9 Å². The molecule has 0 amide bonds. The highest BCUT2D eigenvalue weighted by atomic mass is 79.9. The molecular formula is C15H10BrCl2F2O3-. The van der Waals surface area contributed by atoms with E-state index in [1.165, 1.54) is 0 Å². The largest absolute Gasteiger partial charge is 0.546 e. The molecule has 23 heavy (non-hydrogen) atoms. The van der Waals surface area contributed by atoms with Gasteiger partial charge in [0.05, 0.1) is 16.0 Å². The van der Waals surface area contributed by atoms with Gasteiger partial charge >= 0.3 is 0 Å². The van der Waals surface area contributed by atoms with Gasteiger partial charge < -0.3 is 15.0 Å². The molecule has 0 aliphatic rings. The van der Waals surface area contributed by atoms with E-state index in [9.17, 15) is 23.8 Å². The Kier molecular flexibility index (Phi) is 6.95. The van der Waals surface area contributed by atoms with Gasteiger partial charge in [0.25, 0.3) is 0 Å². The lowest BCUT2D eigenvalue weighted by Gasteiger charge is -2.30. The molecule has 0 aromatic heterocycles. The van der Waals surface area contributed by atoms with E-state index in [1.54, 1.807) is 0 Å². The molecule has 0 aliphatic carbocycles. The summed E-state index contributed by atoms with van der Waals surface area (Å²) in [5, 5.41) is 21.2. The van der Waals surface area contributed by atoms with Crippen molar-refractivity contribution in [3.8, 4) is 0 Å². The van der Waals surface area contributed by atoms with E-state index in [0.717, 1.165) is 36.4 Å². The number of carbonyl (C=O) groups excluding carboxylic acids is 1. The van der Waals surface area contributed by atoms with Crippen molar-refractivity contribution in [1.82, 2.24) is 0 Å². The molecule has 0 unspecified atom stereocenters. The number of rotatable bonds is 3. The van der Waals surface area contributed by atoms with Gasteiger partial charge in [0.15, 0.2) is 5.60 Å². The minimum atomic E-state index is -2.74. The van der Waals surface area contributed by atoms with Crippen molar-refractivity contribution in [1.29, 1.82) is 0 Å². The SMILES string of the molecule is CBr.O=C([O-])C(O)(c1ccc(Cl)c(F)c1)c1ccc(Cl)c(F)c1. The van der Waals surface area contributed by atoms with Crippen LogP contribution in [0.25, 0.3) is 0 Å². The maximum Gasteiger partial charge on any atom is 0.154 e. The van der Waals surface area contributed by atoms with E-state index in [0.29, 0.717) is 0 Å². The van der Waals surface area contributed by atoms with E-state index in [1.807, 2.05) is 5.83 Å². The highest BCUT2D eigenvalue weighted by Gasteiger charge is 2.34. The maximum absolute atomic E-state index is 13.5. The second kappa shape index (κ2) is 8.06. The van der Waals surface area contributed by atoms with Crippen LogP contribution in [0.1, 0.15) is 11.1 Å². The Hall–Kier alpha value is -1.21. The number of aliphatic hydroxyl groups is 1. The molecule has 0 bridgehead atoms. The molecule has 3 nitrogen and oxygen atoms in total. The van der Waals surface area contributed by atoms with Crippen LogP contribution in [0.2, 0.25) is 10.0 Å². The van der Waals surface area contributed by atoms with Crippen LogP contribution in [0.3, 0.4) is 0 Å². The van der Waals surface area contributed by atoms with E-state index < -0.39 is 23.2 Å². The summed E-state index contributed by atoms with van der Waals surface area (Å²) in [5.74, 6) is -1.98. The average Bonchev–Trinajstić information content (AvgIpc) is 2.53. The van der Waals surface area contributed by atoms with Crippen LogP contribution in [0, 0.1) is 11.6 Å². The van der Waals surface area contributed by atoms with E-state index in [-0.39, 0.29) is 21.2 Å². The second-order valence-electron chi connectivity index (χ2n) is 4.26. The monoisotopic (exact) mass is 425 g/mol. The van der Waals surface area contributed by atoms with Crippen LogP contribution < -0.4 is 5.11 Å². The average molecular weight is 427 g/mol. The van der Waals surface area contributed by atoms with Crippen molar-refractivity contribution in [3.05, 3.63) is 69.2 Å². The summed E-state index contributed by atoms with van der Waals surface area (Å²) < 4.78 is 27.0. The predicted octanol–water partition coefficient (Wildman–Crippen LogP) is 3.27. The Morgan fingerprint density at radius 3 is 1.65 bits per heavy atom. The summed E-state index contributed by atoms with van der Waals surface area (Å²) in [6.07, 6.45) is 0. The molecule has 0 spiro atoms. The van der Waals surface area contributed by atoms with Gasteiger partial charge in [0.2, 0.25) is 0 Å². The molecule has 2 aromatic rings. The first-order valence-corrected chi connectivity index (χ1v) is 8.33. The fourth-order valence-corrected chi connectivity index (χ4v) is 2.08. The molecule has 1 N–H and O–H groups in total. The molecule has 2 rings (SSSR count). The van der Waals surface area contributed by atoms with Gasteiger partial charge in [-0.2, -0.15) is 0 Å². The lowest BCUT2D eigenvalue weighted by molar-refractivity contribution is -0.322. The number of carboxylic acid groups (broad SMARTS) is 1. The van der Waals surface area contributed by atoms with Gasteiger partial charge in [-0.15, -0.1) is 0 Å². The zero-order valence-corrected chi connectivity index (χ0v) is 14.7. The molecule has 124 valence electrons. The van der Waals surface area contributed by atoms with Crippen molar-refractivity contribution < 1.29 is 23.8 Å². The number of aliphatic carboxylic acids is 1. The number of halogens is 5. The number of hydrogen-bond acceptors (Lipinski definition) is 3. The second-order valence-corrected chi connectivity index (χ2v) is 5.07. The third-order valence-corrected chi connectivity index (χ3v) is 3.58. The van der Waals surface area contributed by atoms with Crippen LogP contribution >= 0.6 is 39.1 Å². The predicted molar refractivity (Wildman–Crippen MR) is 85.7 cm³/mol. The van der Waals surface area contributed by atoms with Crippen LogP contribution in [0.15, 0.2) is 36.4 Å². The molecule has 0 saturated carbocycles. The minimum absolute atomic E-state index is 0.248. The van der Waals surface area contributed by atoms with Gasteiger partial charge in [-0.1, -0.05) is 51.3 Å². The molecule has 2 aromatic carbocycles. The first-order valence-electron chi connectivity index (χ1n) is 5.99. The quantitative estimate of drug-likeness (QED) is 0.766. The fourth-order valence-electron chi connectivity index (χ4n) is 1.84. The smallest absolute Gasteiger partial charge is 0.154 e. The van der Waals surface area contributed by atoms with Gasteiger partial charge in [0.1, 0.15) is 11.6 Å². The Bertz CT molecular complexity index is 674. The fraction of sp³-hybridized carbons (Fsp3) is 0.133. The summed E-state index contributed by atoms with van der Waals surface area (Å²) in [5.41, 5.74) is -3.45. The summed E-state index contributed by atoms with van der Waals surface area (Å²) in [6.45, 7) is 0. The Morgan fingerprint density at radius 2 is 1.39 bits per heavy atom. The van der Waals surface area contributed by atoms with Crippen LogP contribution in [0.4, 0.5) is 8.78 Å². The van der Waals surface area contributed by atoms with Gasteiger partial charge in [0, 0.05) is 0 Å². The third kappa shape index (κ3) is 4.01. The normalized spacial score (nSPS) is 10.7. The molecule has 0 saturated heterocycles.